The monoisotopic (exact) mass is 393 g/mol. The molecule has 28 heavy (non-hydrogen) atoms. The van der Waals surface area contributed by atoms with Crippen LogP contribution in [0.4, 0.5) is 5.69 Å². The third-order valence-corrected chi connectivity index (χ3v) is 6.03. The minimum absolute atomic E-state index is 0.0856. The lowest BCUT2D eigenvalue weighted by Gasteiger charge is -2.06. The second-order valence-corrected chi connectivity index (χ2v) is 8.10. The third-order valence-electron chi connectivity index (χ3n) is 4.43. The molecule has 4 rings (SSSR count). The lowest BCUT2D eigenvalue weighted by atomic mass is 10.1. The second-order valence-electron chi connectivity index (χ2n) is 6.33. The number of rotatable bonds is 4. The van der Waals surface area contributed by atoms with Crippen LogP contribution in [0, 0.1) is 17.0 Å². The fourth-order valence-electron chi connectivity index (χ4n) is 3.01. The molecule has 0 unspecified atom stereocenters. The first-order valence-electron chi connectivity index (χ1n) is 8.43. The Kier molecular flexibility index (Phi) is 4.20. The van der Waals surface area contributed by atoms with E-state index in [9.17, 15) is 18.5 Å². The molecule has 4 aromatic rings. The summed E-state index contributed by atoms with van der Waals surface area (Å²) in [6.07, 6.45) is 0. The standard InChI is InChI=1S/C20H15N3O4S/c1-14-9-11-17(12-10-14)28(26,27)22-19-8-3-2-7-18(19)20(21-22)15-5-4-6-16(13-15)23(24)25/h2-13H,1H3. The van der Waals surface area contributed by atoms with Gasteiger partial charge in [0.2, 0.25) is 0 Å². The zero-order valence-corrected chi connectivity index (χ0v) is 15.6. The Balaban J connectivity index is 1.96. The SMILES string of the molecule is Cc1ccc(S(=O)(=O)n2nc(-c3cccc([N+](=O)[O-])c3)c3ccccc32)cc1. The average Bonchev–Trinajstić information content (AvgIpc) is 3.09. The van der Waals surface area contributed by atoms with E-state index in [-0.39, 0.29) is 10.6 Å². The zero-order chi connectivity index (χ0) is 19.9. The molecule has 0 aliphatic heterocycles. The van der Waals surface area contributed by atoms with Crippen molar-refractivity contribution in [1.82, 2.24) is 9.19 Å². The van der Waals surface area contributed by atoms with E-state index in [4.69, 9.17) is 0 Å². The number of aromatic nitrogens is 2. The molecule has 1 aromatic heterocycles. The van der Waals surface area contributed by atoms with Crippen LogP contribution in [0.2, 0.25) is 0 Å². The van der Waals surface area contributed by atoms with E-state index in [2.05, 4.69) is 5.10 Å². The van der Waals surface area contributed by atoms with Crippen LogP contribution in [0.3, 0.4) is 0 Å². The average molecular weight is 393 g/mol. The zero-order valence-electron chi connectivity index (χ0n) is 14.8. The molecule has 0 aliphatic carbocycles. The number of hydrogen-bond acceptors (Lipinski definition) is 5. The Hall–Kier alpha value is -3.52. The number of aryl methyl sites for hydroxylation is 1. The molecule has 7 nitrogen and oxygen atoms in total. The minimum Gasteiger partial charge on any atom is -0.258 e. The highest BCUT2D eigenvalue weighted by atomic mass is 32.2. The number of fused-ring (bicyclic) bond motifs is 1. The Morgan fingerprint density at radius 1 is 0.964 bits per heavy atom. The molecule has 0 aliphatic rings. The van der Waals surface area contributed by atoms with E-state index >= 15 is 0 Å². The number of non-ortho nitro benzene ring substituents is 1. The maximum atomic E-state index is 13.2. The second kappa shape index (κ2) is 6.58. The van der Waals surface area contributed by atoms with E-state index in [0.717, 1.165) is 9.65 Å². The quantitative estimate of drug-likeness (QED) is 0.383. The molecule has 0 saturated heterocycles. The van der Waals surface area contributed by atoms with Crippen molar-refractivity contribution in [3.05, 3.63) is 88.5 Å². The first-order chi connectivity index (χ1) is 13.4. The van der Waals surface area contributed by atoms with Gasteiger partial charge in [0, 0.05) is 23.1 Å². The van der Waals surface area contributed by atoms with Gasteiger partial charge in [0.05, 0.1) is 15.3 Å². The summed E-state index contributed by atoms with van der Waals surface area (Å²) in [7, 11) is -3.92. The number of benzene rings is 3. The summed E-state index contributed by atoms with van der Waals surface area (Å²) < 4.78 is 27.3. The molecule has 0 spiro atoms. The Morgan fingerprint density at radius 2 is 1.68 bits per heavy atom. The Bertz CT molecular complexity index is 1310. The molecule has 0 fully saturated rings. The smallest absolute Gasteiger partial charge is 0.258 e. The summed E-state index contributed by atoms with van der Waals surface area (Å²) in [4.78, 5) is 10.7. The summed E-state index contributed by atoms with van der Waals surface area (Å²) in [6.45, 7) is 1.88. The molecular weight excluding hydrogens is 378 g/mol. The van der Waals surface area contributed by atoms with Crippen molar-refractivity contribution in [3.8, 4) is 11.3 Å². The topological polar surface area (TPSA) is 95.1 Å². The van der Waals surface area contributed by atoms with E-state index in [0.29, 0.717) is 22.2 Å². The van der Waals surface area contributed by atoms with Crippen molar-refractivity contribution in [2.75, 3.05) is 0 Å². The number of nitrogens with zero attached hydrogens (tertiary/aromatic N) is 3. The third kappa shape index (κ3) is 2.93. The molecule has 0 atom stereocenters. The van der Waals surface area contributed by atoms with Crippen LogP contribution < -0.4 is 0 Å². The van der Waals surface area contributed by atoms with Gasteiger partial charge >= 0.3 is 0 Å². The van der Waals surface area contributed by atoms with Crippen LogP contribution in [-0.2, 0) is 10.0 Å². The summed E-state index contributed by atoms with van der Waals surface area (Å²) in [6, 6.07) is 19.4. The predicted octanol–water partition coefficient (Wildman–Crippen LogP) is 4.16. The van der Waals surface area contributed by atoms with Gasteiger partial charge < -0.3 is 0 Å². The van der Waals surface area contributed by atoms with Gasteiger partial charge in [-0.25, -0.2) is 0 Å². The van der Waals surface area contributed by atoms with Crippen molar-refractivity contribution in [1.29, 1.82) is 0 Å². The number of nitro groups is 1. The first kappa shape index (κ1) is 17.9. The van der Waals surface area contributed by atoms with Crippen molar-refractivity contribution >= 4 is 26.6 Å². The van der Waals surface area contributed by atoms with Crippen LogP contribution in [0.25, 0.3) is 22.2 Å². The van der Waals surface area contributed by atoms with Gasteiger partial charge in [0.1, 0.15) is 5.69 Å². The lowest BCUT2D eigenvalue weighted by Crippen LogP contribution is -2.14. The first-order valence-corrected chi connectivity index (χ1v) is 9.87. The largest absolute Gasteiger partial charge is 0.283 e. The van der Waals surface area contributed by atoms with Crippen LogP contribution in [-0.4, -0.2) is 22.5 Å². The molecule has 3 aromatic carbocycles. The lowest BCUT2D eigenvalue weighted by molar-refractivity contribution is -0.384. The summed E-state index contributed by atoms with van der Waals surface area (Å²) in [5, 5.41) is 16.0. The number of para-hydroxylation sites is 1. The molecule has 0 saturated carbocycles. The number of nitro benzene ring substituents is 1. The molecule has 140 valence electrons. The highest BCUT2D eigenvalue weighted by Crippen LogP contribution is 2.31. The molecule has 8 heteroatoms. The van der Waals surface area contributed by atoms with Gasteiger partial charge in [0.25, 0.3) is 15.7 Å². The van der Waals surface area contributed by atoms with Gasteiger partial charge in [0.15, 0.2) is 0 Å². The highest BCUT2D eigenvalue weighted by Gasteiger charge is 2.23. The molecule has 0 amide bonds. The molecule has 0 N–H and O–H groups in total. The fourth-order valence-corrected chi connectivity index (χ4v) is 4.30. The maximum Gasteiger partial charge on any atom is 0.283 e. The fraction of sp³-hybridized carbons (Fsp3) is 0.0500. The molecule has 0 radical (unpaired) electrons. The summed E-state index contributed by atoms with van der Waals surface area (Å²) in [5.74, 6) is 0. The van der Waals surface area contributed by atoms with Gasteiger partial charge in [-0.3, -0.25) is 10.1 Å². The van der Waals surface area contributed by atoms with Gasteiger partial charge in [-0.05, 0) is 25.1 Å². The predicted molar refractivity (Wildman–Crippen MR) is 106 cm³/mol. The van der Waals surface area contributed by atoms with Crippen molar-refractivity contribution in [2.24, 2.45) is 0 Å². The molecular formula is C20H15N3O4S. The van der Waals surface area contributed by atoms with Crippen LogP contribution in [0.5, 0.6) is 0 Å². The molecule has 0 bridgehead atoms. The van der Waals surface area contributed by atoms with E-state index in [1.54, 1.807) is 48.5 Å². The van der Waals surface area contributed by atoms with Crippen molar-refractivity contribution in [2.45, 2.75) is 11.8 Å². The maximum absolute atomic E-state index is 13.2. The van der Waals surface area contributed by atoms with E-state index in [1.807, 2.05) is 6.92 Å². The van der Waals surface area contributed by atoms with E-state index < -0.39 is 14.9 Å². The summed E-state index contributed by atoms with van der Waals surface area (Å²) >= 11 is 0. The Morgan fingerprint density at radius 3 is 2.39 bits per heavy atom. The highest BCUT2D eigenvalue weighted by molar-refractivity contribution is 7.90. The van der Waals surface area contributed by atoms with Crippen LogP contribution in [0.15, 0.2) is 77.7 Å². The van der Waals surface area contributed by atoms with Crippen LogP contribution >= 0.6 is 0 Å². The van der Waals surface area contributed by atoms with Crippen molar-refractivity contribution < 1.29 is 13.3 Å². The van der Waals surface area contributed by atoms with Crippen LogP contribution in [0.1, 0.15) is 5.56 Å². The Labute approximate surface area is 161 Å². The molecule has 1 heterocycles. The van der Waals surface area contributed by atoms with Gasteiger partial charge in [-0.1, -0.05) is 48.0 Å². The summed E-state index contributed by atoms with van der Waals surface area (Å²) in [5.41, 5.74) is 2.11. The normalized spacial score (nSPS) is 11.6. The number of hydrogen-bond donors (Lipinski definition) is 0. The van der Waals surface area contributed by atoms with Gasteiger partial charge in [-0.15, -0.1) is 0 Å². The minimum atomic E-state index is -3.92. The van der Waals surface area contributed by atoms with Crippen molar-refractivity contribution in [3.63, 3.8) is 0 Å². The van der Waals surface area contributed by atoms with Gasteiger partial charge in [-0.2, -0.15) is 17.6 Å². The van der Waals surface area contributed by atoms with E-state index in [1.165, 1.54) is 24.3 Å².